The van der Waals surface area contributed by atoms with E-state index in [2.05, 4.69) is 4.99 Å². The third-order valence-electron chi connectivity index (χ3n) is 2.68. The molecule has 0 amide bonds. The van der Waals surface area contributed by atoms with Crippen molar-refractivity contribution in [1.82, 2.24) is 0 Å². The van der Waals surface area contributed by atoms with Gasteiger partial charge in [0.2, 0.25) is 0 Å². The highest BCUT2D eigenvalue weighted by atomic mass is 19.4. The molecule has 2 rings (SSSR count). The summed E-state index contributed by atoms with van der Waals surface area (Å²) in [7, 11) is 0. The summed E-state index contributed by atoms with van der Waals surface area (Å²) in [5.74, 6) is 0.430. The molecule has 1 aliphatic heterocycles. The Hall–Kier alpha value is -1.56. The summed E-state index contributed by atoms with van der Waals surface area (Å²) >= 11 is 0. The Bertz CT molecular complexity index is 457. The van der Waals surface area contributed by atoms with E-state index in [0.29, 0.717) is 18.9 Å². The quantitative estimate of drug-likeness (QED) is 0.905. The van der Waals surface area contributed by atoms with Crippen molar-refractivity contribution in [3.05, 3.63) is 35.4 Å². The van der Waals surface area contributed by atoms with Crippen LogP contribution in [0.3, 0.4) is 0 Å². The van der Waals surface area contributed by atoms with Crippen molar-refractivity contribution in [3.63, 3.8) is 0 Å². The number of hydrogen-bond donors (Lipinski definition) is 1. The molecule has 3 nitrogen and oxygen atoms in total. The number of nitrogens with two attached hydrogens (primary N) is 1. The molecule has 0 aliphatic carbocycles. The minimum Gasteiger partial charge on any atom is -0.471 e. The van der Waals surface area contributed by atoms with Crippen molar-refractivity contribution in [2.24, 2.45) is 10.7 Å². The van der Waals surface area contributed by atoms with Gasteiger partial charge in [0.1, 0.15) is 6.10 Å². The number of aliphatic imine (C=N–C) groups is 1. The fraction of sp³-hybridized carbons (Fsp3) is 0.417. The monoisotopic (exact) mass is 258 g/mol. The number of nitrogens with zero attached hydrogens (tertiary/aromatic N) is 1. The van der Waals surface area contributed by atoms with E-state index in [9.17, 15) is 13.2 Å². The van der Waals surface area contributed by atoms with Crippen LogP contribution >= 0.6 is 0 Å². The van der Waals surface area contributed by atoms with Gasteiger partial charge >= 0.3 is 6.18 Å². The van der Waals surface area contributed by atoms with Gasteiger partial charge in [0.25, 0.3) is 0 Å². The van der Waals surface area contributed by atoms with Gasteiger partial charge in [-0.05, 0) is 6.07 Å². The lowest BCUT2D eigenvalue weighted by Crippen LogP contribution is -2.15. The average molecular weight is 258 g/mol. The predicted molar refractivity (Wildman–Crippen MR) is 61.2 cm³/mol. The van der Waals surface area contributed by atoms with Gasteiger partial charge in [-0.2, -0.15) is 13.2 Å². The van der Waals surface area contributed by atoms with Crippen LogP contribution in [0.4, 0.5) is 13.2 Å². The van der Waals surface area contributed by atoms with Gasteiger partial charge in [-0.25, -0.2) is 0 Å². The molecule has 1 heterocycles. The van der Waals surface area contributed by atoms with Crippen LogP contribution in [0, 0.1) is 0 Å². The van der Waals surface area contributed by atoms with E-state index in [1.165, 1.54) is 12.1 Å². The van der Waals surface area contributed by atoms with Crippen LogP contribution in [0.15, 0.2) is 29.3 Å². The second kappa shape index (κ2) is 4.97. The number of rotatable bonds is 3. The smallest absolute Gasteiger partial charge is 0.416 e. The first-order valence-electron chi connectivity index (χ1n) is 5.58. The highest BCUT2D eigenvalue weighted by Gasteiger charge is 2.36. The summed E-state index contributed by atoms with van der Waals surface area (Å²) in [6.45, 7) is 0.578. The van der Waals surface area contributed by atoms with E-state index in [1.807, 2.05) is 0 Å². The molecule has 0 saturated heterocycles. The maximum atomic E-state index is 12.8. The Labute approximate surface area is 102 Å². The first kappa shape index (κ1) is 12.9. The minimum atomic E-state index is -4.38. The van der Waals surface area contributed by atoms with Crippen LogP contribution < -0.4 is 5.73 Å². The zero-order valence-corrected chi connectivity index (χ0v) is 9.57. The van der Waals surface area contributed by atoms with Gasteiger partial charge in [-0.15, -0.1) is 0 Å². The Balaban J connectivity index is 2.21. The normalized spacial score (nSPS) is 19.6. The number of halogens is 3. The fourth-order valence-corrected chi connectivity index (χ4v) is 1.88. The van der Waals surface area contributed by atoms with Crippen molar-refractivity contribution in [2.75, 3.05) is 13.1 Å². The molecule has 0 fully saturated rings. The SMILES string of the molecule is NCCC1=NCC(c2ccccc2C(F)(F)F)O1. The Morgan fingerprint density at radius 3 is 2.72 bits per heavy atom. The van der Waals surface area contributed by atoms with Gasteiger partial charge in [-0.1, -0.05) is 18.2 Å². The molecule has 1 atom stereocenters. The number of ether oxygens (including phenoxy) is 1. The zero-order chi connectivity index (χ0) is 13.2. The Kier molecular flexibility index (Phi) is 3.56. The minimum absolute atomic E-state index is 0.126. The van der Waals surface area contributed by atoms with Gasteiger partial charge in [-0.3, -0.25) is 4.99 Å². The third-order valence-corrected chi connectivity index (χ3v) is 2.68. The molecule has 0 radical (unpaired) electrons. The van der Waals surface area contributed by atoms with E-state index >= 15 is 0 Å². The van der Waals surface area contributed by atoms with Crippen LogP contribution in [-0.4, -0.2) is 19.0 Å². The summed E-state index contributed by atoms with van der Waals surface area (Å²) in [6.07, 6.45) is -4.59. The lowest BCUT2D eigenvalue weighted by Gasteiger charge is -2.17. The van der Waals surface area contributed by atoms with Crippen LogP contribution in [0.5, 0.6) is 0 Å². The molecule has 98 valence electrons. The van der Waals surface area contributed by atoms with Crippen molar-refractivity contribution < 1.29 is 17.9 Å². The number of benzene rings is 1. The maximum Gasteiger partial charge on any atom is 0.416 e. The molecule has 2 N–H and O–H groups in total. The van der Waals surface area contributed by atoms with Gasteiger partial charge in [0.15, 0.2) is 5.90 Å². The van der Waals surface area contributed by atoms with Crippen LogP contribution in [0.25, 0.3) is 0 Å². The highest BCUT2D eigenvalue weighted by molar-refractivity contribution is 5.78. The van der Waals surface area contributed by atoms with Crippen LogP contribution in [-0.2, 0) is 10.9 Å². The average Bonchev–Trinajstić information content (AvgIpc) is 2.77. The highest BCUT2D eigenvalue weighted by Crippen LogP contribution is 2.36. The van der Waals surface area contributed by atoms with Crippen molar-refractivity contribution in [2.45, 2.75) is 18.7 Å². The van der Waals surface area contributed by atoms with Crippen molar-refractivity contribution in [1.29, 1.82) is 0 Å². The summed E-state index contributed by atoms with van der Waals surface area (Å²) in [5.41, 5.74) is 4.81. The number of alkyl halides is 3. The first-order valence-corrected chi connectivity index (χ1v) is 5.58. The Morgan fingerprint density at radius 1 is 1.33 bits per heavy atom. The molecule has 1 aliphatic rings. The molecule has 0 aromatic heterocycles. The molecule has 0 bridgehead atoms. The molecule has 18 heavy (non-hydrogen) atoms. The topological polar surface area (TPSA) is 47.6 Å². The van der Waals surface area contributed by atoms with E-state index in [0.717, 1.165) is 6.07 Å². The first-order chi connectivity index (χ1) is 8.52. The molecule has 6 heteroatoms. The Morgan fingerprint density at radius 2 is 2.06 bits per heavy atom. The van der Waals surface area contributed by atoms with Crippen LogP contribution in [0.2, 0.25) is 0 Å². The summed E-state index contributed by atoms with van der Waals surface area (Å²) in [4.78, 5) is 4.05. The largest absolute Gasteiger partial charge is 0.471 e. The lowest BCUT2D eigenvalue weighted by atomic mass is 10.0. The van der Waals surface area contributed by atoms with Crippen LogP contribution in [0.1, 0.15) is 23.7 Å². The van der Waals surface area contributed by atoms with Gasteiger partial charge in [0, 0.05) is 18.5 Å². The second-order valence-corrected chi connectivity index (χ2v) is 3.96. The van der Waals surface area contributed by atoms with E-state index in [1.54, 1.807) is 6.07 Å². The predicted octanol–water partition coefficient (Wildman–Crippen LogP) is 2.52. The summed E-state index contributed by atoms with van der Waals surface area (Å²) < 4.78 is 43.9. The van der Waals surface area contributed by atoms with E-state index in [4.69, 9.17) is 10.5 Å². The van der Waals surface area contributed by atoms with Gasteiger partial charge in [0.05, 0.1) is 12.1 Å². The van der Waals surface area contributed by atoms with Crippen molar-refractivity contribution in [3.8, 4) is 0 Å². The molecule has 1 unspecified atom stereocenters. The van der Waals surface area contributed by atoms with E-state index in [-0.39, 0.29) is 12.1 Å². The molecule has 0 saturated carbocycles. The molecular weight excluding hydrogens is 245 g/mol. The van der Waals surface area contributed by atoms with Gasteiger partial charge < -0.3 is 10.5 Å². The fourth-order valence-electron chi connectivity index (χ4n) is 1.88. The maximum absolute atomic E-state index is 12.8. The summed E-state index contributed by atoms with van der Waals surface area (Å²) in [5, 5.41) is 0. The summed E-state index contributed by atoms with van der Waals surface area (Å²) in [6, 6.07) is 5.41. The standard InChI is InChI=1S/C12H13F3N2O/c13-12(14,15)9-4-2-1-3-8(9)10-7-17-11(18-10)5-6-16/h1-4,10H,5-7,16H2. The molecule has 1 aromatic carbocycles. The number of hydrogen-bond acceptors (Lipinski definition) is 3. The second-order valence-electron chi connectivity index (χ2n) is 3.96. The molecule has 0 spiro atoms. The molecular formula is C12H13F3N2O. The third kappa shape index (κ3) is 2.64. The van der Waals surface area contributed by atoms with E-state index < -0.39 is 17.8 Å². The zero-order valence-electron chi connectivity index (χ0n) is 9.57. The molecule has 1 aromatic rings. The lowest BCUT2D eigenvalue weighted by molar-refractivity contribution is -0.139. The van der Waals surface area contributed by atoms with Crippen molar-refractivity contribution >= 4 is 5.90 Å².